The SMILES string of the molecule is Cc1c(O)cnc2[nH]cc(I)c12. The Morgan fingerprint density at radius 3 is 3.08 bits per heavy atom. The number of aryl methyl sites for hydroxylation is 1. The zero-order chi connectivity index (χ0) is 8.72. The van der Waals surface area contributed by atoms with Crippen LogP contribution in [0.4, 0.5) is 0 Å². The molecular formula is C8H7IN2O. The fourth-order valence-electron chi connectivity index (χ4n) is 1.20. The average Bonchev–Trinajstić information content (AvgIpc) is 2.41. The first-order valence-corrected chi connectivity index (χ1v) is 4.59. The van der Waals surface area contributed by atoms with Gasteiger partial charge in [0.15, 0.2) is 0 Å². The maximum absolute atomic E-state index is 9.38. The zero-order valence-electron chi connectivity index (χ0n) is 6.43. The molecule has 62 valence electrons. The van der Waals surface area contributed by atoms with E-state index in [-0.39, 0.29) is 5.75 Å². The number of aromatic hydroxyl groups is 1. The number of nitrogens with zero attached hydrogens (tertiary/aromatic N) is 1. The van der Waals surface area contributed by atoms with E-state index in [9.17, 15) is 5.11 Å². The van der Waals surface area contributed by atoms with Crippen LogP contribution in [0.2, 0.25) is 0 Å². The average molecular weight is 274 g/mol. The highest BCUT2D eigenvalue weighted by Gasteiger charge is 2.07. The van der Waals surface area contributed by atoms with Crippen molar-refractivity contribution in [2.45, 2.75) is 6.92 Å². The number of halogens is 1. The molecule has 0 aliphatic carbocycles. The summed E-state index contributed by atoms with van der Waals surface area (Å²) in [5.41, 5.74) is 1.71. The van der Waals surface area contributed by atoms with Gasteiger partial charge in [-0.1, -0.05) is 0 Å². The number of aromatic nitrogens is 2. The summed E-state index contributed by atoms with van der Waals surface area (Å²) in [6.45, 7) is 1.88. The van der Waals surface area contributed by atoms with E-state index in [0.29, 0.717) is 0 Å². The maximum Gasteiger partial charge on any atom is 0.138 e. The van der Waals surface area contributed by atoms with Crippen molar-refractivity contribution < 1.29 is 5.11 Å². The molecular weight excluding hydrogens is 267 g/mol. The molecule has 2 heterocycles. The number of hydrogen-bond acceptors (Lipinski definition) is 2. The second-order valence-corrected chi connectivity index (χ2v) is 3.79. The number of aromatic amines is 1. The van der Waals surface area contributed by atoms with Crippen molar-refractivity contribution in [2.24, 2.45) is 0 Å². The fourth-order valence-corrected chi connectivity index (χ4v) is 2.01. The van der Waals surface area contributed by atoms with E-state index in [2.05, 4.69) is 32.6 Å². The second-order valence-electron chi connectivity index (χ2n) is 2.63. The van der Waals surface area contributed by atoms with Gasteiger partial charge in [-0.25, -0.2) is 4.98 Å². The van der Waals surface area contributed by atoms with E-state index in [0.717, 1.165) is 20.2 Å². The summed E-state index contributed by atoms with van der Waals surface area (Å²) in [5.74, 6) is 0.250. The van der Waals surface area contributed by atoms with Crippen LogP contribution < -0.4 is 0 Å². The van der Waals surface area contributed by atoms with Crippen molar-refractivity contribution in [2.75, 3.05) is 0 Å². The molecule has 2 aromatic rings. The molecule has 0 radical (unpaired) electrons. The largest absolute Gasteiger partial charge is 0.506 e. The van der Waals surface area contributed by atoms with E-state index in [1.165, 1.54) is 6.20 Å². The Kier molecular flexibility index (Phi) is 1.71. The maximum atomic E-state index is 9.38. The van der Waals surface area contributed by atoms with Crippen LogP contribution in [0, 0.1) is 10.5 Å². The zero-order valence-corrected chi connectivity index (χ0v) is 8.58. The third-order valence-electron chi connectivity index (χ3n) is 1.89. The van der Waals surface area contributed by atoms with Gasteiger partial charge in [0.1, 0.15) is 11.4 Å². The van der Waals surface area contributed by atoms with Crippen molar-refractivity contribution in [3.63, 3.8) is 0 Å². The topological polar surface area (TPSA) is 48.9 Å². The Hall–Kier alpha value is -0.780. The van der Waals surface area contributed by atoms with Crippen LogP contribution in [0.5, 0.6) is 5.75 Å². The Balaban J connectivity index is 2.96. The lowest BCUT2D eigenvalue weighted by Crippen LogP contribution is -1.81. The summed E-state index contributed by atoms with van der Waals surface area (Å²) in [4.78, 5) is 7.08. The number of nitrogens with one attached hydrogen (secondary N) is 1. The van der Waals surface area contributed by atoms with Gasteiger partial charge >= 0.3 is 0 Å². The molecule has 0 aliphatic heterocycles. The van der Waals surface area contributed by atoms with E-state index < -0.39 is 0 Å². The molecule has 2 rings (SSSR count). The van der Waals surface area contributed by atoms with Crippen LogP contribution in [0.3, 0.4) is 0 Å². The van der Waals surface area contributed by atoms with Crippen molar-refractivity contribution in [3.8, 4) is 5.75 Å². The molecule has 0 aliphatic rings. The predicted octanol–water partition coefficient (Wildman–Crippen LogP) is 2.18. The smallest absolute Gasteiger partial charge is 0.138 e. The van der Waals surface area contributed by atoms with Crippen LogP contribution in [-0.2, 0) is 0 Å². The molecule has 2 aromatic heterocycles. The number of fused-ring (bicyclic) bond motifs is 1. The van der Waals surface area contributed by atoms with Crippen molar-refractivity contribution in [3.05, 3.63) is 21.5 Å². The van der Waals surface area contributed by atoms with Gasteiger partial charge in [-0.2, -0.15) is 0 Å². The minimum Gasteiger partial charge on any atom is -0.506 e. The lowest BCUT2D eigenvalue weighted by Gasteiger charge is -1.98. The van der Waals surface area contributed by atoms with Gasteiger partial charge in [-0.05, 0) is 29.5 Å². The Labute approximate surface area is 83.0 Å². The Morgan fingerprint density at radius 1 is 1.58 bits per heavy atom. The summed E-state index contributed by atoms with van der Waals surface area (Å²) < 4.78 is 1.09. The van der Waals surface area contributed by atoms with Crippen LogP contribution in [-0.4, -0.2) is 15.1 Å². The highest BCUT2D eigenvalue weighted by atomic mass is 127. The molecule has 0 atom stereocenters. The lowest BCUT2D eigenvalue weighted by molar-refractivity contribution is 0.470. The minimum atomic E-state index is 0.250. The molecule has 0 spiro atoms. The van der Waals surface area contributed by atoms with Gasteiger partial charge in [0.25, 0.3) is 0 Å². The standard InChI is InChI=1S/C8H7IN2O/c1-4-6(12)3-11-8-7(4)5(9)2-10-8/h2-3,12H,1H3,(H,10,11). The fraction of sp³-hybridized carbons (Fsp3) is 0.125. The molecule has 4 heteroatoms. The molecule has 12 heavy (non-hydrogen) atoms. The van der Waals surface area contributed by atoms with Crippen molar-refractivity contribution >= 4 is 33.6 Å². The lowest BCUT2D eigenvalue weighted by atomic mass is 10.2. The number of pyridine rings is 1. The monoisotopic (exact) mass is 274 g/mol. The van der Waals surface area contributed by atoms with E-state index in [1.54, 1.807) is 0 Å². The summed E-state index contributed by atoms with van der Waals surface area (Å²) in [7, 11) is 0. The summed E-state index contributed by atoms with van der Waals surface area (Å²) >= 11 is 2.21. The highest BCUT2D eigenvalue weighted by molar-refractivity contribution is 14.1. The molecule has 0 bridgehead atoms. The molecule has 0 saturated carbocycles. The molecule has 3 nitrogen and oxygen atoms in total. The number of hydrogen-bond donors (Lipinski definition) is 2. The molecule has 2 N–H and O–H groups in total. The highest BCUT2D eigenvalue weighted by Crippen LogP contribution is 2.27. The minimum absolute atomic E-state index is 0.250. The van der Waals surface area contributed by atoms with Gasteiger partial charge in [0.2, 0.25) is 0 Å². The van der Waals surface area contributed by atoms with E-state index >= 15 is 0 Å². The van der Waals surface area contributed by atoms with E-state index in [1.807, 2.05) is 13.1 Å². The number of H-pyrrole nitrogens is 1. The third-order valence-corrected chi connectivity index (χ3v) is 2.74. The second kappa shape index (κ2) is 2.62. The van der Waals surface area contributed by atoms with Gasteiger partial charge < -0.3 is 10.1 Å². The summed E-state index contributed by atoms with van der Waals surface area (Å²) in [6, 6.07) is 0. The number of rotatable bonds is 0. The molecule has 0 saturated heterocycles. The van der Waals surface area contributed by atoms with Crippen LogP contribution in [0.1, 0.15) is 5.56 Å². The predicted molar refractivity (Wildman–Crippen MR) is 55.2 cm³/mol. The van der Waals surface area contributed by atoms with Crippen molar-refractivity contribution in [1.82, 2.24) is 9.97 Å². The van der Waals surface area contributed by atoms with Gasteiger partial charge in [0.05, 0.1) is 6.20 Å². The Morgan fingerprint density at radius 2 is 2.33 bits per heavy atom. The normalized spacial score (nSPS) is 10.8. The van der Waals surface area contributed by atoms with Crippen molar-refractivity contribution in [1.29, 1.82) is 0 Å². The Bertz CT molecular complexity index is 436. The van der Waals surface area contributed by atoms with Crippen LogP contribution in [0.15, 0.2) is 12.4 Å². The first kappa shape index (κ1) is 7.85. The van der Waals surface area contributed by atoms with Gasteiger partial charge in [0, 0.05) is 20.7 Å². The van der Waals surface area contributed by atoms with Crippen LogP contribution in [0.25, 0.3) is 11.0 Å². The molecule has 0 amide bonds. The summed E-state index contributed by atoms with van der Waals surface area (Å²) in [5, 5.41) is 10.4. The van der Waals surface area contributed by atoms with Gasteiger partial charge in [-0.3, -0.25) is 0 Å². The molecule has 0 aromatic carbocycles. The molecule has 0 fully saturated rings. The first-order chi connectivity index (χ1) is 5.70. The van der Waals surface area contributed by atoms with Gasteiger partial charge in [-0.15, -0.1) is 0 Å². The van der Waals surface area contributed by atoms with Crippen LogP contribution >= 0.6 is 22.6 Å². The summed E-state index contributed by atoms with van der Waals surface area (Å²) in [6.07, 6.45) is 3.34. The first-order valence-electron chi connectivity index (χ1n) is 3.51. The third kappa shape index (κ3) is 0.979. The van der Waals surface area contributed by atoms with E-state index in [4.69, 9.17) is 0 Å². The quantitative estimate of drug-likeness (QED) is 0.723. The molecule has 0 unspecified atom stereocenters.